The summed E-state index contributed by atoms with van der Waals surface area (Å²) in [5.41, 5.74) is 0.395. The molecule has 100 valence electrons. The minimum absolute atomic E-state index is 0.395. The molecule has 1 aliphatic rings. The molecule has 1 aromatic carbocycles. The zero-order valence-electron chi connectivity index (χ0n) is 11.4. The highest BCUT2D eigenvalue weighted by Crippen LogP contribution is 2.43. The van der Waals surface area contributed by atoms with E-state index in [1.54, 1.807) is 0 Å². The molecule has 2 rings (SSSR count). The Morgan fingerprint density at radius 3 is 2.72 bits per heavy atom. The first-order valence-electron chi connectivity index (χ1n) is 6.63. The summed E-state index contributed by atoms with van der Waals surface area (Å²) in [4.78, 5) is 1.36. The molecule has 1 aromatic rings. The fourth-order valence-corrected chi connectivity index (χ4v) is 5.15. The van der Waals surface area contributed by atoms with Crippen molar-refractivity contribution in [3.8, 4) is 0 Å². The summed E-state index contributed by atoms with van der Waals surface area (Å²) in [5, 5.41) is 4.21. The van der Waals surface area contributed by atoms with Crippen LogP contribution in [-0.2, 0) is 0 Å². The summed E-state index contributed by atoms with van der Waals surface area (Å²) in [7, 11) is 2.10. The lowest BCUT2D eigenvalue weighted by molar-refractivity contribution is 0.182. The van der Waals surface area contributed by atoms with Crippen LogP contribution in [0.3, 0.4) is 0 Å². The number of thioether (sulfide) groups is 1. The molecule has 0 spiro atoms. The van der Waals surface area contributed by atoms with E-state index in [4.69, 9.17) is 0 Å². The molecular formula is C15H22BrNS. The van der Waals surface area contributed by atoms with Crippen molar-refractivity contribution in [2.75, 3.05) is 7.05 Å². The lowest BCUT2D eigenvalue weighted by Gasteiger charge is -2.43. The van der Waals surface area contributed by atoms with Gasteiger partial charge in [0.15, 0.2) is 0 Å². The zero-order valence-corrected chi connectivity index (χ0v) is 13.8. The Morgan fingerprint density at radius 1 is 1.33 bits per heavy atom. The maximum atomic E-state index is 3.65. The average Bonchev–Trinajstić information content (AvgIpc) is 2.31. The molecule has 0 aliphatic heterocycles. The third kappa shape index (κ3) is 3.12. The predicted octanol–water partition coefficient (Wildman–Crippen LogP) is 4.71. The number of nitrogens with one attached hydrogen (secondary N) is 1. The highest BCUT2D eigenvalue weighted by Gasteiger charge is 2.38. The third-order valence-electron chi connectivity index (χ3n) is 3.95. The van der Waals surface area contributed by atoms with E-state index >= 15 is 0 Å². The molecule has 0 saturated heterocycles. The number of halogens is 1. The largest absolute Gasteiger partial charge is 0.315 e. The molecule has 0 amide bonds. The lowest BCUT2D eigenvalue weighted by atomic mass is 9.73. The van der Waals surface area contributed by atoms with Gasteiger partial charge in [-0.2, -0.15) is 0 Å². The predicted molar refractivity (Wildman–Crippen MR) is 84.3 cm³/mol. The van der Waals surface area contributed by atoms with Crippen LogP contribution in [0.15, 0.2) is 33.6 Å². The third-order valence-corrected chi connectivity index (χ3v) is 6.32. The molecule has 0 radical (unpaired) electrons. The van der Waals surface area contributed by atoms with Crippen LogP contribution in [0.5, 0.6) is 0 Å². The monoisotopic (exact) mass is 327 g/mol. The van der Waals surface area contributed by atoms with Crippen LogP contribution >= 0.6 is 27.7 Å². The van der Waals surface area contributed by atoms with E-state index in [2.05, 4.69) is 66.4 Å². The van der Waals surface area contributed by atoms with E-state index in [-0.39, 0.29) is 0 Å². The molecule has 0 aromatic heterocycles. The van der Waals surface area contributed by atoms with Crippen molar-refractivity contribution in [2.24, 2.45) is 5.41 Å². The molecule has 1 nitrogen and oxygen atoms in total. The van der Waals surface area contributed by atoms with Crippen LogP contribution in [0.25, 0.3) is 0 Å². The van der Waals surface area contributed by atoms with Crippen molar-refractivity contribution in [1.29, 1.82) is 0 Å². The number of hydrogen-bond acceptors (Lipinski definition) is 2. The Morgan fingerprint density at radius 2 is 2.06 bits per heavy atom. The van der Waals surface area contributed by atoms with E-state index in [1.165, 1.54) is 28.6 Å². The fraction of sp³-hybridized carbons (Fsp3) is 0.600. The summed E-state index contributed by atoms with van der Waals surface area (Å²) in [5.74, 6) is 0. The van der Waals surface area contributed by atoms with Gasteiger partial charge in [-0.1, -0.05) is 32.4 Å². The number of hydrogen-bond donors (Lipinski definition) is 1. The van der Waals surface area contributed by atoms with Gasteiger partial charge in [0.1, 0.15) is 0 Å². The summed E-state index contributed by atoms with van der Waals surface area (Å²) < 4.78 is 1.22. The summed E-state index contributed by atoms with van der Waals surface area (Å²) >= 11 is 5.67. The first kappa shape index (κ1) is 14.4. The van der Waals surface area contributed by atoms with Gasteiger partial charge in [0.05, 0.1) is 0 Å². The summed E-state index contributed by atoms with van der Waals surface area (Å²) in [6.07, 6.45) is 3.97. The van der Waals surface area contributed by atoms with Crippen molar-refractivity contribution in [2.45, 2.75) is 49.3 Å². The summed E-state index contributed by atoms with van der Waals surface area (Å²) in [6.45, 7) is 4.78. The second-order valence-electron chi connectivity index (χ2n) is 5.73. The van der Waals surface area contributed by atoms with E-state index < -0.39 is 0 Å². The first-order valence-corrected chi connectivity index (χ1v) is 8.30. The van der Waals surface area contributed by atoms with Crippen LogP contribution < -0.4 is 5.32 Å². The smallest absolute Gasteiger partial charge is 0.0311 e. The Kier molecular flexibility index (Phi) is 4.79. The molecule has 0 heterocycles. The molecule has 1 saturated carbocycles. The SMILES string of the molecule is CNC1C(Sc2ccccc2Br)CCCC1(C)C. The number of benzene rings is 1. The minimum Gasteiger partial charge on any atom is -0.315 e. The second-order valence-corrected chi connectivity index (χ2v) is 7.87. The molecule has 1 N–H and O–H groups in total. The normalized spacial score (nSPS) is 27.1. The fourth-order valence-electron chi connectivity index (χ4n) is 2.99. The van der Waals surface area contributed by atoms with Gasteiger partial charge in [0, 0.05) is 20.7 Å². The summed E-state index contributed by atoms with van der Waals surface area (Å²) in [6, 6.07) is 9.13. The molecular weight excluding hydrogens is 306 g/mol. The highest BCUT2D eigenvalue weighted by molar-refractivity contribution is 9.10. The van der Waals surface area contributed by atoms with Gasteiger partial charge >= 0.3 is 0 Å². The van der Waals surface area contributed by atoms with Gasteiger partial charge < -0.3 is 5.32 Å². The molecule has 3 heteroatoms. The van der Waals surface area contributed by atoms with Crippen LogP contribution in [0.4, 0.5) is 0 Å². The highest BCUT2D eigenvalue weighted by atomic mass is 79.9. The van der Waals surface area contributed by atoms with Crippen LogP contribution in [0.1, 0.15) is 33.1 Å². The topological polar surface area (TPSA) is 12.0 Å². The maximum Gasteiger partial charge on any atom is 0.0311 e. The van der Waals surface area contributed by atoms with Gasteiger partial charge in [0.2, 0.25) is 0 Å². The molecule has 2 unspecified atom stereocenters. The average molecular weight is 328 g/mol. The van der Waals surface area contributed by atoms with Gasteiger partial charge in [0.25, 0.3) is 0 Å². The van der Waals surface area contributed by atoms with E-state index in [0.29, 0.717) is 16.7 Å². The van der Waals surface area contributed by atoms with Gasteiger partial charge in [-0.3, -0.25) is 0 Å². The van der Waals surface area contributed by atoms with Crippen molar-refractivity contribution in [3.05, 3.63) is 28.7 Å². The van der Waals surface area contributed by atoms with E-state index in [0.717, 1.165) is 0 Å². The standard InChI is InChI=1S/C15H22BrNS/c1-15(2)10-6-9-13(14(15)17-3)18-12-8-5-4-7-11(12)16/h4-5,7-8,13-14,17H,6,9-10H2,1-3H3. The van der Waals surface area contributed by atoms with E-state index in [9.17, 15) is 0 Å². The first-order chi connectivity index (χ1) is 8.54. The Balaban J connectivity index is 2.15. The van der Waals surface area contributed by atoms with Gasteiger partial charge in [-0.25, -0.2) is 0 Å². The Hall–Kier alpha value is 0.01000. The van der Waals surface area contributed by atoms with Crippen molar-refractivity contribution < 1.29 is 0 Å². The molecule has 0 bridgehead atoms. The Bertz CT molecular complexity index is 405. The van der Waals surface area contributed by atoms with Crippen molar-refractivity contribution in [3.63, 3.8) is 0 Å². The quantitative estimate of drug-likeness (QED) is 0.862. The van der Waals surface area contributed by atoms with Crippen LogP contribution in [0.2, 0.25) is 0 Å². The van der Waals surface area contributed by atoms with Gasteiger partial charge in [-0.05, 0) is 53.4 Å². The minimum atomic E-state index is 0.395. The lowest BCUT2D eigenvalue weighted by Crippen LogP contribution is -2.49. The number of rotatable bonds is 3. The van der Waals surface area contributed by atoms with E-state index in [1.807, 2.05) is 11.8 Å². The molecule has 1 fully saturated rings. The van der Waals surface area contributed by atoms with Gasteiger partial charge in [-0.15, -0.1) is 11.8 Å². The second kappa shape index (κ2) is 5.98. The molecule has 2 atom stereocenters. The van der Waals surface area contributed by atoms with Crippen molar-refractivity contribution in [1.82, 2.24) is 5.32 Å². The van der Waals surface area contributed by atoms with Crippen molar-refractivity contribution >= 4 is 27.7 Å². The van der Waals surface area contributed by atoms with Crippen LogP contribution in [-0.4, -0.2) is 18.3 Å². The molecule has 18 heavy (non-hydrogen) atoms. The van der Waals surface area contributed by atoms with Crippen LogP contribution in [0, 0.1) is 5.41 Å². The maximum absolute atomic E-state index is 3.65. The molecule has 1 aliphatic carbocycles. The Labute approximate surface area is 123 Å². The zero-order chi connectivity index (χ0) is 13.2.